The lowest BCUT2D eigenvalue weighted by atomic mass is 9.82. The van der Waals surface area contributed by atoms with Crippen molar-refractivity contribution in [3.05, 3.63) is 17.3 Å². The molecule has 0 unspecified atom stereocenters. The predicted octanol–water partition coefficient (Wildman–Crippen LogP) is 2.61. The van der Waals surface area contributed by atoms with Crippen LogP contribution in [0.1, 0.15) is 32.1 Å². The van der Waals surface area contributed by atoms with E-state index in [1.54, 1.807) is 17.0 Å². The molecule has 20 heavy (non-hydrogen) atoms. The average Bonchev–Trinajstić information content (AvgIpc) is 2.40. The number of anilines is 1. The predicted molar refractivity (Wildman–Crippen MR) is 75.0 cm³/mol. The summed E-state index contributed by atoms with van der Waals surface area (Å²) < 4.78 is 0. The normalized spacial score (nSPS) is 29.1. The molecule has 3 rings (SSSR count). The smallest absolute Gasteiger partial charge is 0.407 e. The number of carbonyl (C=O) groups is 1. The fourth-order valence-corrected chi connectivity index (χ4v) is 3.51. The van der Waals surface area contributed by atoms with E-state index >= 15 is 0 Å². The number of amides is 1. The number of fused-ring (bicyclic) bond motifs is 2. The molecule has 2 saturated heterocycles. The van der Waals surface area contributed by atoms with E-state index in [0.29, 0.717) is 11.0 Å². The van der Waals surface area contributed by atoms with Crippen molar-refractivity contribution in [1.29, 1.82) is 0 Å². The topological polar surface area (TPSA) is 78.4 Å². The molecule has 2 aliphatic heterocycles. The number of hydrogen-bond acceptors (Lipinski definition) is 4. The van der Waals surface area contributed by atoms with Gasteiger partial charge in [-0.15, -0.1) is 10.2 Å². The molecule has 0 aliphatic carbocycles. The van der Waals surface area contributed by atoms with Crippen LogP contribution in [0, 0.1) is 0 Å². The van der Waals surface area contributed by atoms with Gasteiger partial charge >= 0.3 is 6.09 Å². The first kappa shape index (κ1) is 13.4. The van der Waals surface area contributed by atoms with Crippen LogP contribution >= 0.6 is 11.6 Å². The summed E-state index contributed by atoms with van der Waals surface area (Å²) in [5.41, 5.74) is 0. The van der Waals surface area contributed by atoms with Gasteiger partial charge in [0.25, 0.3) is 0 Å². The standard InChI is InChI=1S/C13H17ClN4O2/c14-11-4-5-12(17-16-11)15-8-6-9-2-1-3-10(7-8)18(9)13(19)20/h4-5,8-10H,1-3,6-7H2,(H,15,17)(H,19,20)/t8-,9+,10-. The Balaban J connectivity index is 1.68. The zero-order chi connectivity index (χ0) is 14.1. The molecule has 2 N–H and O–H groups in total. The molecule has 1 aromatic heterocycles. The number of piperidine rings is 2. The van der Waals surface area contributed by atoms with Gasteiger partial charge in [0.1, 0.15) is 5.82 Å². The molecule has 2 fully saturated rings. The van der Waals surface area contributed by atoms with Crippen LogP contribution in [0.2, 0.25) is 5.15 Å². The summed E-state index contributed by atoms with van der Waals surface area (Å²) in [6, 6.07) is 3.99. The summed E-state index contributed by atoms with van der Waals surface area (Å²) in [5.74, 6) is 0.696. The second-order valence-corrected chi connectivity index (χ2v) is 5.87. The monoisotopic (exact) mass is 296 g/mol. The van der Waals surface area contributed by atoms with E-state index < -0.39 is 6.09 Å². The molecule has 2 aliphatic rings. The second-order valence-electron chi connectivity index (χ2n) is 5.48. The van der Waals surface area contributed by atoms with Gasteiger partial charge in [0.05, 0.1) is 0 Å². The van der Waals surface area contributed by atoms with Crippen LogP contribution in [0.3, 0.4) is 0 Å². The molecular formula is C13H17ClN4O2. The van der Waals surface area contributed by atoms with E-state index in [1.165, 1.54) is 0 Å². The first-order valence-corrected chi connectivity index (χ1v) is 7.28. The Hall–Kier alpha value is -1.56. The number of aromatic nitrogens is 2. The zero-order valence-corrected chi connectivity index (χ0v) is 11.8. The molecule has 7 heteroatoms. The minimum atomic E-state index is -0.788. The van der Waals surface area contributed by atoms with Crippen molar-refractivity contribution in [3.8, 4) is 0 Å². The SMILES string of the molecule is O=C(O)N1[C@@H]2CCC[C@H]1C[C@@H](Nc1ccc(Cl)nn1)C2. The number of rotatable bonds is 2. The highest BCUT2D eigenvalue weighted by molar-refractivity contribution is 6.29. The van der Waals surface area contributed by atoms with E-state index in [-0.39, 0.29) is 18.1 Å². The minimum absolute atomic E-state index is 0.123. The van der Waals surface area contributed by atoms with Crippen molar-refractivity contribution < 1.29 is 9.90 Å². The van der Waals surface area contributed by atoms with Crippen LogP contribution in [0.4, 0.5) is 10.6 Å². The van der Waals surface area contributed by atoms with Crippen LogP contribution in [0.5, 0.6) is 0 Å². The first-order chi connectivity index (χ1) is 9.63. The van der Waals surface area contributed by atoms with E-state index in [9.17, 15) is 9.90 Å². The third-order valence-electron chi connectivity index (χ3n) is 4.18. The maximum Gasteiger partial charge on any atom is 0.407 e. The number of halogens is 1. The molecule has 2 bridgehead atoms. The molecule has 0 radical (unpaired) electrons. The Morgan fingerprint density at radius 2 is 2.00 bits per heavy atom. The largest absolute Gasteiger partial charge is 0.465 e. The van der Waals surface area contributed by atoms with Crippen LogP contribution in [-0.2, 0) is 0 Å². The van der Waals surface area contributed by atoms with Crippen LogP contribution in [0.25, 0.3) is 0 Å². The van der Waals surface area contributed by atoms with Crippen molar-refractivity contribution in [3.63, 3.8) is 0 Å². The van der Waals surface area contributed by atoms with Gasteiger partial charge in [-0.3, -0.25) is 0 Å². The maximum absolute atomic E-state index is 11.3. The lowest BCUT2D eigenvalue weighted by Crippen LogP contribution is -2.56. The molecule has 0 spiro atoms. The van der Waals surface area contributed by atoms with Gasteiger partial charge < -0.3 is 15.3 Å². The Bertz CT molecular complexity index is 482. The maximum atomic E-state index is 11.3. The summed E-state index contributed by atoms with van der Waals surface area (Å²) in [4.78, 5) is 13.0. The first-order valence-electron chi connectivity index (χ1n) is 6.90. The lowest BCUT2D eigenvalue weighted by Gasteiger charge is -2.47. The molecule has 3 atom stereocenters. The van der Waals surface area contributed by atoms with Crippen molar-refractivity contribution in [1.82, 2.24) is 15.1 Å². The quantitative estimate of drug-likeness (QED) is 0.877. The van der Waals surface area contributed by atoms with Crippen molar-refractivity contribution in [2.75, 3.05) is 5.32 Å². The fourth-order valence-electron chi connectivity index (χ4n) is 3.41. The summed E-state index contributed by atoms with van der Waals surface area (Å²) >= 11 is 5.71. The number of nitrogens with zero attached hydrogens (tertiary/aromatic N) is 3. The van der Waals surface area contributed by atoms with E-state index in [4.69, 9.17) is 11.6 Å². The van der Waals surface area contributed by atoms with Gasteiger partial charge in [0.15, 0.2) is 5.15 Å². The Morgan fingerprint density at radius 1 is 1.30 bits per heavy atom. The molecule has 1 amide bonds. The molecule has 0 saturated carbocycles. The summed E-state index contributed by atoms with van der Waals surface area (Å²) in [7, 11) is 0. The molecule has 108 valence electrons. The zero-order valence-electron chi connectivity index (χ0n) is 11.0. The number of nitrogens with one attached hydrogen (secondary N) is 1. The van der Waals surface area contributed by atoms with E-state index in [2.05, 4.69) is 15.5 Å². The summed E-state index contributed by atoms with van der Waals surface area (Å²) in [5, 5.41) is 20.8. The average molecular weight is 297 g/mol. The molecule has 1 aromatic rings. The van der Waals surface area contributed by atoms with Crippen LogP contribution in [-0.4, -0.2) is 44.4 Å². The van der Waals surface area contributed by atoms with Gasteiger partial charge in [-0.25, -0.2) is 4.79 Å². The van der Waals surface area contributed by atoms with Gasteiger partial charge in [0, 0.05) is 18.1 Å². The Labute approximate surface area is 122 Å². The minimum Gasteiger partial charge on any atom is -0.465 e. The van der Waals surface area contributed by atoms with Crippen LogP contribution < -0.4 is 5.32 Å². The molecule has 3 heterocycles. The van der Waals surface area contributed by atoms with Gasteiger partial charge in [-0.1, -0.05) is 11.6 Å². The molecule has 0 aromatic carbocycles. The van der Waals surface area contributed by atoms with Gasteiger partial charge in [-0.05, 0) is 44.2 Å². The Kier molecular flexibility index (Phi) is 3.65. The molecule has 6 nitrogen and oxygen atoms in total. The van der Waals surface area contributed by atoms with Crippen LogP contribution in [0.15, 0.2) is 12.1 Å². The highest BCUT2D eigenvalue weighted by Crippen LogP contribution is 2.35. The molecular weight excluding hydrogens is 280 g/mol. The van der Waals surface area contributed by atoms with E-state index in [0.717, 1.165) is 32.1 Å². The Morgan fingerprint density at radius 3 is 2.55 bits per heavy atom. The third kappa shape index (κ3) is 2.65. The highest BCUT2D eigenvalue weighted by atomic mass is 35.5. The third-order valence-corrected chi connectivity index (χ3v) is 4.38. The van der Waals surface area contributed by atoms with Gasteiger partial charge in [0.2, 0.25) is 0 Å². The lowest BCUT2D eigenvalue weighted by molar-refractivity contribution is 0.0385. The fraction of sp³-hybridized carbons (Fsp3) is 0.615. The van der Waals surface area contributed by atoms with Gasteiger partial charge in [-0.2, -0.15) is 0 Å². The second kappa shape index (κ2) is 5.44. The van der Waals surface area contributed by atoms with E-state index in [1.807, 2.05) is 0 Å². The number of carboxylic acid groups (broad SMARTS) is 1. The van der Waals surface area contributed by atoms with Crippen molar-refractivity contribution in [2.45, 2.75) is 50.2 Å². The van der Waals surface area contributed by atoms with Crippen molar-refractivity contribution in [2.24, 2.45) is 0 Å². The number of hydrogen-bond donors (Lipinski definition) is 2. The summed E-state index contributed by atoms with van der Waals surface area (Å²) in [6.07, 6.45) is 3.89. The summed E-state index contributed by atoms with van der Waals surface area (Å²) in [6.45, 7) is 0. The highest BCUT2D eigenvalue weighted by Gasteiger charge is 2.40. The van der Waals surface area contributed by atoms with Crippen molar-refractivity contribution >= 4 is 23.5 Å².